The van der Waals surface area contributed by atoms with Crippen molar-refractivity contribution in [2.45, 2.75) is 0 Å². The van der Waals surface area contributed by atoms with Crippen molar-refractivity contribution in [1.29, 1.82) is 0 Å². The van der Waals surface area contributed by atoms with Crippen LogP contribution in [-0.2, 0) is 0 Å². The van der Waals surface area contributed by atoms with Gasteiger partial charge in [0.25, 0.3) is 5.91 Å². The fourth-order valence-corrected chi connectivity index (χ4v) is 7.52. The highest BCUT2D eigenvalue weighted by molar-refractivity contribution is 6.18. The van der Waals surface area contributed by atoms with Crippen LogP contribution in [0.1, 0.15) is 10.4 Å². The van der Waals surface area contributed by atoms with Gasteiger partial charge in [-0.1, -0.05) is 194 Å². The van der Waals surface area contributed by atoms with Gasteiger partial charge in [-0.2, -0.15) is 0 Å². The van der Waals surface area contributed by atoms with Gasteiger partial charge in [0.1, 0.15) is 5.82 Å². The molecule has 3 heteroatoms. The van der Waals surface area contributed by atoms with E-state index in [1.807, 2.05) is 83.4 Å². The van der Waals surface area contributed by atoms with E-state index in [9.17, 15) is 0 Å². The number of fused-ring (bicyclic) bond motifs is 1. The van der Waals surface area contributed by atoms with E-state index < -0.39 is 0 Å². The summed E-state index contributed by atoms with van der Waals surface area (Å²) in [5.41, 5.74) is 11.1. The Morgan fingerprint density at radius 2 is 0.717 bits per heavy atom. The molecule has 9 aromatic rings. The fraction of sp³-hybridized carbons (Fsp3) is 0. The van der Waals surface area contributed by atoms with E-state index in [1.54, 1.807) is 0 Å². The van der Waals surface area contributed by atoms with E-state index in [0.717, 1.165) is 72.2 Å². The van der Waals surface area contributed by atoms with Crippen LogP contribution in [0.5, 0.6) is 0 Å². The Balaban J connectivity index is 1.55. The average molecular weight is 679 g/mol. The van der Waals surface area contributed by atoms with Crippen LogP contribution in [0.3, 0.4) is 0 Å². The molecule has 1 aromatic heterocycles. The summed E-state index contributed by atoms with van der Waals surface area (Å²) in [6.07, 6.45) is 0. The highest BCUT2D eigenvalue weighted by atomic mass is 16.2. The third-order valence-corrected chi connectivity index (χ3v) is 9.82. The second kappa shape index (κ2) is 13.9. The van der Waals surface area contributed by atoms with Crippen molar-refractivity contribution < 1.29 is 4.79 Å². The second-order valence-corrected chi connectivity index (χ2v) is 13.0. The largest absolute Gasteiger partial charge is 0.268 e. The van der Waals surface area contributed by atoms with Gasteiger partial charge >= 0.3 is 0 Å². The molecule has 0 spiro atoms. The van der Waals surface area contributed by atoms with E-state index in [4.69, 9.17) is 4.98 Å². The van der Waals surface area contributed by atoms with Crippen molar-refractivity contribution in [3.63, 3.8) is 0 Å². The Kier molecular flexibility index (Phi) is 8.35. The first-order chi connectivity index (χ1) is 26.3. The maximum atomic E-state index is 15.3. The Hall–Kier alpha value is -7.10. The summed E-state index contributed by atoms with van der Waals surface area (Å²) in [7, 11) is 0. The second-order valence-electron chi connectivity index (χ2n) is 13.0. The Labute approximate surface area is 309 Å². The minimum atomic E-state index is -0.151. The van der Waals surface area contributed by atoms with Gasteiger partial charge in [-0.15, -0.1) is 0 Å². The lowest BCUT2D eigenvalue weighted by Gasteiger charge is -2.24. The molecular formula is C50H34N2O. The Morgan fingerprint density at radius 3 is 1.19 bits per heavy atom. The SMILES string of the molecule is O=C(c1ccccc1)n1c(-c2c(-c3ccccc3)c(-c3ccccc3)c3ccccc3c2-c2ccccc2)nc(-c2ccccc2)c1-c1ccccc1. The normalized spacial score (nSPS) is 11.1. The molecule has 0 N–H and O–H groups in total. The number of aromatic nitrogens is 2. The number of rotatable bonds is 7. The maximum absolute atomic E-state index is 15.3. The minimum Gasteiger partial charge on any atom is -0.268 e. The van der Waals surface area contributed by atoms with Crippen molar-refractivity contribution in [1.82, 2.24) is 9.55 Å². The van der Waals surface area contributed by atoms with Gasteiger partial charge in [0.05, 0.1) is 11.4 Å². The van der Waals surface area contributed by atoms with Crippen LogP contribution in [0.4, 0.5) is 0 Å². The first-order valence-electron chi connectivity index (χ1n) is 17.9. The maximum Gasteiger partial charge on any atom is 0.264 e. The molecule has 0 saturated carbocycles. The molecule has 53 heavy (non-hydrogen) atoms. The molecule has 0 atom stereocenters. The molecule has 3 nitrogen and oxygen atoms in total. The highest BCUT2D eigenvalue weighted by Gasteiger charge is 2.32. The lowest BCUT2D eigenvalue weighted by Crippen LogP contribution is -2.16. The lowest BCUT2D eigenvalue weighted by molar-refractivity contribution is 0.0963. The zero-order chi connectivity index (χ0) is 35.6. The Bertz CT molecular complexity index is 2690. The summed E-state index contributed by atoms with van der Waals surface area (Å²) in [6.45, 7) is 0. The molecule has 0 fully saturated rings. The summed E-state index contributed by atoms with van der Waals surface area (Å²) in [6, 6.07) is 70.1. The topological polar surface area (TPSA) is 34.9 Å². The molecule has 0 aliphatic heterocycles. The number of imidazole rings is 1. The van der Waals surface area contributed by atoms with Gasteiger partial charge in [-0.25, -0.2) is 4.98 Å². The lowest BCUT2D eigenvalue weighted by atomic mass is 9.80. The molecule has 0 amide bonds. The van der Waals surface area contributed by atoms with E-state index in [-0.39, 0.29) is 5.91 Å². The smallest absolute Gasteiger partial charge is 0.264 e. The monoisotopic (exact) mass is 678 g/mol. The quantitative estimate of drug-likeness (QED) is 0.168. The van der Waals surface area contributed by atoms with Crippen LogP contribution in [0.15, 0.2) is 206 Å². The predicted octanol–water partition coefficient (Wildman–Crippen LogP) is 12.7. The molecule has 0 aliphatic rings. The summed E-state index contributed by atoms with van der Waals surface area (Å²) in [5, 5.41) is 2.20. The van der Waals surface area contributed by atoms with Gasteiger partial charge in [-0.3, -0.25) is 9.36 Å². The molecule has 0 saturated heterocycles. The summed E-state index contributed by atoms with van der Waals surface area (Å²) < 4.78 is 1.87. The van der Waals surface area contributed by atoms with Crippen molar-refractivity contribution >= 4 is 16.7 Å². The van der Waals surface area contributed by atoms with E-state index in [1.165, 1.54) is 0 Å². The number of hydrogen-bond acceptors (Lipinski definition) is 2. The van der Waals surface area contributed by atoms with Crippen LogP contribution in [0, 0.1) is 0 Å². The number of hydrogen-bond donors (Lipinski definition) is 0. The molecule has 0 aliphatic carbocycles. The van der Waals surface area contributed by atoms with E-state index >= 15 is 4.79 Å². The molecule has 0 radical (unpaired) electrons. The van der Waals surface area contributed by atoms with Gasteiger partial charge in [0, 0.05) is 33.4 Å². The number of benzene rings is 8. The Morgan fingerprint density at radius 1 is 0.358 bits per heavy atom. The fourth-order valence-electron chi connectivity index (χ4n) is 7.52. The highest BCUT2D eigenvalue weighted by Crippen LogP contribution is 2.52. The number of carbonyl (C=O) groups excluding carboxylic acids is 1. The molecule has 0 unspecified atom stereocenters. The van der Waals surface area contributed by atoms with E-state index in [2.05, 4.69) is 127 Å². The zero-order valence-corrected chi connectivity index (χ0v) is 28.9. The van der Waals surface area contributed by atoms with Crippen molar-refractivity contribution in [2.24, 2.45) is 0 Å². The first kappa shape index (κ1) is 31.9. The summed E-state index contributed by atoms with van der Waals surface area (Å²) in [5.74, 6) is 0.429. The zero-order valence-electron chi connectivity index (χ0n) is 28.9. The van der Waals surface area contributed by atoms with Crippen LogP contribution in [0.2, 0.25) is 0 Å². The predicted molar refractivity (Wildman–Crippen MR) is 219 cm³/mol. The minimum absolute atomic E-state index is 0.151. The molecule has 9 rings (SSSR count). The number of carbonyl (C=O) groups is 1. The molecular weight excluding hydrogens is 645 g/mol. The van der Waals surface area contributed by atoms with Crippen LogP contribution >= 0.6 is 0 Å². The third-order valence-electron chi connectivity index (χ3n) is 9.82. The van der Waals surface area contributed by atoms with Gasteiger partial charge < -0.3 is 0 Å². The first-order valence-corrected chi connectivity index (χ1v) is 17.9. The van der Waals surface area contributed by atoms with Gasteiger partial charge in [0.15, 0.2) is 0 Å². The van der Waals surface area contributed by atoms with Crippen LogP contribution in [-0.4, -0.2) is 15.5 Å². The molecule has 0 bridgehead atoms. The van der Waals surface area contributed by atoms with Crippen molar-refractivity contribution in [2.75, 3.05) is 0 Å². The van der Waals surface area contributed by atoms with Gasteiger partial charge in [-0.05, 0) is 45.2 Å². The van der Waals surface area contributed by atoms with Gasteiger partial charge in [0.2, 0.25) is 0 Å². The summed E-state index contributed by atoms with van der Waals surface area (Å²) in [4.78, 5) is 20.9. The number of nitrogens with zero attached hydrogens (tertiary/aromatic N) is 2. The van der Waals surface area contributed by atoms with Crippen LogP contribution in [0.25, 0.3) is 78.1 Å². The third kappa shape index (κ3) is 5.75. The van der Waals surface area contributed by atoms with Crippen LogP contribution < -0.4 is 0 Å². The molecule has 1 heterocycles. The van der Waals surface area contributed by atoms with E-state index in [0.29, 0.717) is 11.4 Å². The van der Waals surface area contributed by atoms with Crippen molar-refractivity contribution in [3.05, 3.63) is 212 Å². The standard InChI is InChI=1S/C50H34N2O/c53-50(40-31-17-6-18-32-40)52-48(39-29-15-5-16-30-39)47(38-27-13-4-14-28-38)51-49(52)46-44(36-23-9-2-10-24-36)42-34-20-19-33-41(42)43(35-21-7-1-8-22-35)45(46)37-25-11-3-12-26-37/h1-34H. The molecule has 250 valence electrons. The van der Waals surface area contributed by atoms with Crippen molar-refractivity contribution in [3.8, 4) is 67.3 Å². The molecule has 8 aromatic carbocycles. The average Bonchev–Trinajstić information content (AvgIpc) is 3.65. The summed E-state index contributed by atoms with van der Waals surface area (Å²) >= 11 is 0.